The van der Waals surface area contributed by atoms with E-state index in [-0.39, 0.29) is 6.10 Å². The summed E-state index contributed by atoms with van der Waals surface area (Å²) in [6.45, 7) is 6.64. The van der Waals surface area contributed by atoms with Gasteiger partial charge in [0.15, 0.2) is 0 Å². The number of hydrogen-bond acceptors (Lipinski definition) is 3. The van der Waals surface area contributed by atoms with Gasteiger partial charge in [0.1, 0.15) is 5.75 Å². The van der Waals surface area contributed by atoms with Crippen molar-refractivity contribution in [2.75, 3.05) is 13.2 Å². The van der Waals surface area contributed by atoms with Gasteiger partial charge in [-0.25, -0.2) is 0 Å². The highest BCUT2D eigenvalue weighted by Gasteiger charge is 2.13. The minimum atomic E-state index is 0.209. The summed E-state index contributed by atoms with van der Waals surface area (Å²) in [5.74, 6) is 0.980. The zero-order valence-corrected chi connectivity index (χ0v) is 13.4. The van der Waals surface area contributed by atoms with Gasteiger partial charge in [-0.05, 0) is 32.8 Å². The van der Waals surface area contributed by atoms with Crippen LogP contribution in [0.1, 0.15) is 51.5 Å². The maximum atomic E-state index is 5.92. The van der Waals surface area contributed by atoms with Crippen LogP contribution in [0.3, 0.4) is 0 Å². The monoisotopic (exact) mass is 291 g/mol. The normalized spacial score (nSPS) is 16.3. The second-order valence-corrected chi connectivity index (χ2v) is 6.08. The van der Waals surface area contributed by atoms with Crippen LogP contribution in [0.2, 0.25) is 0 Å². The van der Waals surface area contributed by atoms with Crippen LogP contribution < -0.4 is 10.1 Å². The Hall–Kier alpha value is -1.06. The molecule has 0 atom stereocenters. The van der Waals surface area contributed by atoms with Crippen molar-refractivity contribution in [1.29, 1.82) is 0 Å². The van der Waals surface area contributed by atoms with Gasteiger partial charge in [-0.1, -0.05) is 37.5 Å². The van der Waals surface area contributed by atoms with E-state index in [1.54, 1.807) is 0 Å². The molecule has 21 heavy (non-hydrogen) atoms. The SMILES string of the molecule is CC(C)Oc1ccccc1CNCCOC1CCCCC1. The molecule has 1 aromatic carbocycles. The average Bonchev–Trinajstić information content (AvgIpc) is 2.49. The van der Waals surface area contributed by atoms with Gasteiger partial charge in [0.05, 0.1) is 18.8 Å². The van der Waals surface area contributed by atoms with E-state index in [4.69, 9.17) is 9.47 Å². The molecule has 0 aliphatic heterocycles. The Labute approximate surface area is 129 Å². The molecule has 1 fully saturated rings. The molecule has 0 aromatic heterocycles. The molecule has 1 aromatic rings. The van der Waals surface area contributed by atoms with Gasteiger partial charge in [-0.3, -0.25) is 0 Å². The van der Waals surface area contributed by atoms with E-state index in [9.17, 15) is 0 Å². The van der Waals surface area contributed by atoms with Crippen LogP contribution in [0.5, 0.6) is 5.75 Å². The predicted molar refractivity (Wildman–Crippen MR) is 86.7 cm³/mol. The summed E-state index contributed by atoms with van der Waals surface area (Å²) in [6, 6.07) is 8.23. The molecular formula is C18H29NO2. The number of hydrogen-bond donors (Lipinski definition) is 1. The van der Waals surface area contributed by atoms with Gasteiger partial charge in [-0.15, -0.1) is 0 Å². The average molecular weight is 291 g/mol. The van der Waals surface area contributed by atoms with Crippen LogP contribution in [-0.4, -0.2) is 25.4 Å². The highest BCUT2D eigenvalue weighted by Crippen LogP contribution is 2.20. The molecule has 1 aliphatic rings. The minimum Gasteiger partial charge on any atom is -0.491 e. The fourth-order valence-electron chi connectivity index (χ4n) is 2.77. The third-order valence-corrected chi connectivity index (χ3v) is 3.84. The van der Waals surface area contributed by atoms with Crippen molar-refractivity contribution in [3.8, 4) is 5.75 Å². The van der Waals surface area contributed by atoms with Crippen molar-refractivity contribution < 1.29 is 9.47 Å². The summed E-state index contributed by atoms with van der Waals surface area (Å²) in [7, 11) is 0. The van der Waals surface area contributed by atoms with Crippen LogP contribution in [0.25, 0.3) is 0 Å². The van der Waals surface area contributed by atoms with Crippen LogP contribution in [0.4, 0.5) is 0 Å². The van der Waals surface area contributed by atoms with Crippen molar-refractivity contribution in [2.24, 2.45) is 0 Å². The molecule has 118 valence electrons. The van der Waals surface area contributed by atoms with Crippen LogP contribution in [0, 0.1) is 0 Å². The predicted octanol–water partition coefficient (Wildman–Crippen LogP) is 3.91. The zero-order valence-electron chi connectivity index (χ0n) is 13.4. The number of rotatable bonds is 8. The second-order valence-electron chi connectivity index (χ2n) is 6.08. The lowest BCUT2D eigenvalue weighted by Crippen LogP contribution is -2.24. The molecule has 0 radical (unpaired) electrons. The van der Waals surface area contributed by atoms with Crippen LogP contribution in [-0.2, 0) is 11.3 Å². The van der Waals surface area contributed by atoms with Crippen molar-refractivity contribution in [1.82, 2.24) is 5.32 Å². The maximum Gasteiger partial charge on any atom is 0.124 e. The van der Waals surface area contributed by atoms with E-state index in [1.807, 2.05) is 12.1 Å². The summed E-state index contributed by atoms with van der Waals surface area (Å²) in [6.07, 6.45) is 7.23. The lowest BCUT2D eigenvalue weighted by Gasteiger charge is -2.22. The molecule has 0 amide bonds. The molecule has 1 saturated carbocycles. The number of nitrogens with one attached hydrogen (secondary N) is 1. The van der Waals surface area contributed by atoms with Crippen molar-refractivity contribution in [2.45, 2.75) is 64.7 Å². The van der Waals surface area contributed by atoms with E-state index < -0.39 is 0 Å². The quantitative estimate of drug-likeness (QED) is 0.737. The zero-order chi connectivity index (χ0) is 14.9. The first-order valence-corrected chi connectivity index (χ1v) is 8.32. The first kappa shape index (κ1) is 16.3. The Morgan fingerprint density at radius 2 is 1.90 bits per heavy atom. The topological polar surface area (TPSA) is 30.5 Å². The van der Waals surface area contributed by atoms with Crippen LogP contribution in [0.15, 0.2) is 24.3 Å². The molecule has 0 heterocycles. The number of benzene rings is 1. The van der Waals surface area contributed by atoms with Crippen molar-refractivity contribution >= 4 is 0 Å². The van der Waals surface area contributed by atoms with Crippen molar-refractivity contribution in [3.05, 3.63) is 29.8 Å². The van der Waals surface area contributed by atoms with E-state index in [0.29, 0.717) is 6.10 Å². The summed E-state index contributed by atoms with van der Waals surface area (Å²) < 4.78 is 11.7. The molecule has 1 aliphatic carbocycles. The molecule has 0 unspecified atom stereocenters. The Bertz CT molecular complexity index is 400. The highest BCUT2D eigenvalue weighted by molar-refractivity contribution is 5.33. The Morgan fingerprint density at radius 1 is 1.14 bits per heavy atom. The smallest absolute Gasteiger partial charge is 0.124 e. The molecule has 3 nitrogen and oxygen atoms in total. The Kier molecular flexibility index (Phi) is 7.04. The Balaban J connectivity index is 1.66. The largest absolute Gasteiger partial charge is 0.491 e. The molecule has 3 heteroatoms. The van der Waals surface area contributed by atoms with Gasteiger partial charge in [0.25, 0.3) is 0 Å². The second kappa shape index (κ2) is 9.06. The summed E-state index contributed by atoms with van der Waals surface area (Å²) in [5, 5.41) is 3.45. The van der Waals surface area contributed by atoms with E-state index in [2.05, 4.69) is 31.3 Å². The minimum absolute atomic E-state index is 0.209. The summed E-state index contributed by atoms with van der Waals surface area (Å²) in [4.78, 5) is 0. The summed E-state index contributed by atoms with van der Waals surface area (Å²) in [5.41, 5.74) is 1.21. The standard InChI is InChI=1S/C18H29NO2/c1-15(2)21-18-11-7-6-8-16(18)14-19-12-13-20-17-9-4-3-5-10-17/h6-8,11,15,17,19H,3-5,9-10,12-14H2,1-2H3. The number of ether oxygens (including phenoxy) is 2. The van der Waals surface area contributed by atoms with E-state index in [0.717, 1.165) is 25.4 Å². The Morgan fingerprint density at radius 3 is 2.67 bits per heavy atom. The van der Waals surface area contributed by atoms with Crippen molar-refractivity contribution in [3.63, 3.8) is 0 Å². The lowest BCUT2D eigenvalue weighted by atomic mass is 9.98. The molecular weight excluding hydrogens is 262 g/mol. The van der Waals surface area contributed by atoms with Gasteiger partial charge in [-0.2, -0.15) is 0 Å². The lowest BCUT2D eigenvalue weighted by molar-refractivity contribution is 0.0302. The molecule has 0 bridgehead atoms. The first-order chi connectivity index (χ1) is 10.3. The highest BCUT2D eigenvalue weighted by atomic mass is 16.5. The molecule has 0 spiro atoms. The van der Waals surface area contributed by atoms with E-state index >= 15 is 0 Å². The van der Waals surface area contributed by atoms with Gasteiger partial charge >= 0.3 is 0 Å². The molecule has 0 saturated heterocycles. The molecule has 2 rings (SSSR count). The number of para-hydroxylation sites is 1. The third kappa shape index (κ3) is 6.06. The van der Waals surface area contributed by atoms with Gasteiger partial charge in [0.2, 0.25) is 0 Å². The molecule has 1 N–H and O–H groups in total. The fourth-order valence-corrected chi connectivity index (χ4v) is 2.77. The fraction of sp³-hybridized carbons (Fsp3) is 0.667. The third-order valence-electron chi connectivity index (χ3n) is 3.84. The summed E-state index contributed by atoms with van der Waals surface area (Å²) >= 11 is 0. The van der Waals surface area contributed by atoms with Gasteiger partial charge in [0, 0.05) is 18.7 Å². The van der Waals surface area contributed by atoms with Gasteiger partial charge < -0.3 is 14.8 Å². The first-order valence-electron chi connectivity index (χ1n) is 8.32. The van der Waals surface area contributed by atoms with Crippen LogP contribution >= 0.6 is 0 Å². The maximum absolute atomic E-state index is 5.92. The van der Waals surface area contributed by atoms with E-state index in [1.165, 1.54) is 37.7 Å².